The monoisotopic (exact) mass is 338 g/mol. The maximum Gasteiger partial charge on any atom is 0.378 e. The number of esters is 1. The molecule has 0 spiro atoms. The molecule has 0 N–H and O–H groups in total. The molecule has 23 heavy (non-hydrogen) atoms. The van der Waals surface area contributed by atoms with Crippen molar-refractivity contribution >= 4 is 14.3 Å². The normalized spacial score (nSPS) is 15.0. The van der Waals surface area contributed by atoms with Crippen LogP contribution in [0.25, 0.3) is 0 Å². The van der Waals surface area contributed by atoms with Gasteiger partial charge in [0, 0.05) is 6.92 Å². The molecule has 0 amide bonds. The van der Waals surface area contributed by atoms with E-state index in [-0.39, 0.29) is 11.6 Å². The molecule has 0 aliphatic rings. The Balaban J connectivity index is 3.18. The van der Waals surface area contributed by atoms with Gasteiger partial charge in [-0.1, -0.05) is 39.0 Å². The SMILES string of the molecule is CCOC(=O)C(C)(Oc1ccccc1C)O[Si](C)(C)C(C)(C)C. The van der Waals surface area contributed by atoms with Crippen molar-refractivity contribution in [2.75, 3.05) is 6.61 Å². The smallest absolute Gasteiger partial charge is 0.378 e. The molecule has 1 aromatic rings. The van der Waals surface area contributed by atoms with E-state index in [0.717, 1.165) is 5.56 Å². The number of para-hydroxylation sites is 1. The van der Waals surface area contributed by atoms with Gasteiger partial charge in [0.2, 0.25) is 0 Å². The second kappa shape index (κ2) is 7.05. The van der Waals surface area contributed by atoms with E-state index in [1.165, 1.54) is 0 Å². The molecule has 0 radical (unpaired) electrons. The highest BCUT2D eigenvalue weighted by Gasteiger charge is 2.49. The first-order chi connectivity index (χ1) is 10.4. The van der Waals surface area contributed by atoms with E-state index in [1.54, 1.807) is 13.8 Å². The molecule has 0 saturated carbocycles. The number of ether oxygens (including phenoxy) is 2. The third kappa shape index (κ3) is 4.82. The molecule has 0 aliphatic carbocycles. The average Bonchev–Trinajstić information content (AvgIpc) is 2.40. The molecule has 0 bridgehead atoms. The second-order valence-corrected chi connectivity index (χ2v) is 12.1. The predicted octanol–water partition coefficient (Wildman–Crippen LogP) is 4.67. The number of aryl methyl sites for hydroxylation is 1. The highest BCUT2D eigenvalue weighted by atomic mass is 28.4. The molecule has 0 aliphatic heterocycles. The molecular formula is C18H30O4Si. The third-order valence-corrected chi connectivity index (χ3v) is 8.81. The quantitative estimate of drug-likeness (QED) is 0.429. The molecule has 1 rings (SSSR count). The lowest BCUT2D eigenvalue weighted by molar-refractivity contribution is -0.190. The van der Waals surface area contributed by atoms with E-state index in [1.807, 2.05) is 31.2 Å². The zero-order chi connectivity index (χ0) is 17.9. The van der Waals surface area contributed by atoms with Gasteiger partial charge in [0.15, 0.2) is 8.32 Å². The van der Waals surface area contributed by atoms with E-state index in [4.69, 9.17) is 13.9 Å². The van der Waals surface area contributed by atoms with Gasteiger partial charge in [-0.15, -0.1) is 0 Å². The van der Waals surface area contributed by atoms with Gasteiger partial charge in [-0.2, -0.15) is 0 Å². The van der Waals surface area contributed by atoms with Gasteiger partial charge in [-0.3, -0.25) is 0 Å². The van der Waals surface area contributed by atoms with E-state index < -0.39 is 20.1 Å². The Bertz CT molecular complexity index is 548. The van der Waals surface area contributed by atoms with Crippen LogP contribution in [0, 0.1) is 6.92 Å². The lowest BCUT2D eigenvalue weighted by Crippen LogP contribution is -2.55. The molecule has 0 heterocycles. The number of carbonyl (C=O) groups excluding carboxylic acids is 1. The van der Waals surface area contributed by atoms with Gasteiger partial charge in [-0.05, 0) is 43.6 Å². The summed E-state index contributed by atoms with van der Waals surface area (Å²) in [6.07, 6.45) is 0. The average molecular weight is 339 g/mol. The largest absolute Gasteiger partial charge is 0.461 e. The van der Waals surface area contributed by atoms with Crippen LogP contribution in [0.2, 0.25) is 18.1 Å². The molecule has 5 heteroatoms. The molecule has 1 atom stereocenters. The zero-order valence-corrected chi connectivity index (χ0v) is 16.6. The predicted molar refractivity (Wildman–Crippen MR) is 95.1 cm³/mol. The van der Waals surface area contributed by atoms with Crippen molar-refractivity contribution in [1.82, 2.24) is 0 Å². The summed E-state index contributed by atoms with van der Waals surface area (Å²) in [5.74, 6) is -1.32. The minimum absolute atomic E-state index is 0.0458. The van der Waals surface area contributed by atoms with Crippen molar-refractivity contribution in [3.63, 3.8) is 0 Å². The van der Waals surface area contributed by atoms with Crippen LogP contribution >= 0.6 is 0 Å². The fraction of sp³-hybridized carbons (Fsp3) is 0.611. The Hall–Kier alpha value is -1.33. The van der Waals surface area contributed by atoms with Gasteiger partial charge in [0.1, 0.15) is 5.75 Å². The molecule has 0 fully saturated rings. The molecule has 1 aromatic carbocycles. The summed E-state index contributed by atoms with van der Waals surface area (Å²) in [7, 11) is -2.23. The highest BCUT2D eigenvalue weighted by Crippen LogP contribution is 2.40. The summed E-state index contributed by atoms with van der Waals surface area (Å²) in [6.45, 7) is 16.2. The number of hydrogen-bond donors (Lipinski definition) is 0. The number of hydrogen-bond acceptors (Lipinski definition) is 4. The first kappa shape index (κ1) is 19.7. The molecular weight excluding hydrogens is 308 g/mol. The van der Waals surface area contributed by atoms with Crippen molar-refractivity contribution in [3.05, 3.63) is 29.8 Å². The fourth-order valence-corrected chi connectivity index (χ4v) is 3.29. The molecule has 0 saturated heterocycles. The highest BCUT2D eigenvalue weighted by molar-refractivity contribution is 6.74. The summed E-state index contributed by atoms with van der Waals surface area (Å²) in [6, 6.07) is 7.58. The lowest BCUT2D eigenvalue weighted by atomic mass is 10.2. The van der Waals surface area contributed by atoms with Crippen LogP contribution < -0.4 is 4.74 Å². The Kier molecular flexibility index (Phi) is 6.04. The van der Waals surface area contributed by atoms with Crippen LogP contribution in [-0.4, -0.2) is 26.7 Å². The second-order valence-electron chi connectivity index (χ2n) is 7.40. The van der Waals surface area contributed by atoms with Gasteiger partial charge in [0.05, 0.1) is 6.61 Å². The summed E-state index contributed by atoms with van der Waals surface area (Å²) in [4.78, 5) is 12.5. The number of carbonyl (C=O) groups is 1. The van der Waals surface area contributed by atoms with Crippen LogP contribution in [0.1, 0.15) is 40.2 Å². The lowest BCUT2D eigenvalue weighted by Gasteiger charge is -2.42. The molecule has 0 aromatic heterocycles. The van der Waals surface area contributed by atoms with E-state index in [0.29, 0.717) is 5.75 Å². The third-order valence-electron chi connectivity index (χ3n) is 4.30. The first-order valence-electron chi connectivity index (χ1n) is 8.05. The van der Waals surface area contributed by atoms with E-state index >= 15 is 0 Å². The van der Waals surface area contributed by atoms with Crippen molar-refractivity contribution in [2.45, 2.75) is 65.5 Å². The standard InChI is InChI=1S/C18H30O4Si/c1-9-20-16(19)18(6,22-23(7,8)17(3,4)5)21-15-13-11-10-12-14(15)2/h10-13H,9H2,1-8H3. The van der Waals surface area contributed by atoms with Gasteiger partial charge in [-0.25, -0.2) is 4.79 Å². The number of benzene rings is 1. The Morgan fingerprint density at radius 1 is 1.13 bits per heavy atom. The zero-order valence-electron chi connectivity index (χ0n) is 15.6. The van der Waals surface area contributed by atoms with Crippen LogP contribution in [-0.2, 0) is 14.0 Å². The van der Waals surface area contributed by atoms with Crippen molar-refractivity contribution in [2.24, 2.45) is 0 Å². The van der Waals surface area contributed by atoms with Crippen molar-refractivity contribution in [3.8, 4) is 5.75 Å². The first-order valence-corrected chi connectivity index (χ1v) is 11.0. The summed E-state index contributed by atoms with van der Waals surface area (Å²) in [5, 5.41) is -0.0458. The van der Waals surface area contributed by atoms with Crippen LogP contribution in [0.5, 0.6) is 5.75 Å². The topological polar surface area (TPSA) is 44.8 Å². The number of rotatable bonds is 6. The molecule has 1 unspecified atom stereocenters. The molecule has 130 valence electrons. The summed E-state index contributed by atoms with van der Waals surface area (Å²) < 4.78 is 17.5. The summed E-state index contributed by atoms with van der Waals surface area (Å²) >= 11 is 0. The Morgan fingerprint density at radius 2 is 1.70 bits per heavy atom. The van der Waals surface area contributed by atoms with Crippen molar-refractivity contribution in [1.29, 1.82) is 0 Å². The van der Waals surface area contributed by atoms with Gasteiger partial charge < -0.3 is 13.9 Å². The van der Waals surface area contributed by atoms with Gasteiger partial charge in [0.25, 0.3) is 5.79 Å². The maximum absolute atomic E-state index is 12.5. The Morgan fingerprint density at radius 3 is 2.17 bits per heavy atom. The van der Waals surface area contributed by atoms with Crippen molar-refractivity contribution < 1.29 is 18.7 Å². The van der Waals surface area contributed by atoms with E-state index in [2.05, 4.69) is 33.9 Å². The summed E-state index contributed by atoms with van der Waals surface area (Å²) in [5.41, 5.74) is 0.946. The fourth-order valence-electron chi connectivity index (χ4n) is 1.89. The van der Waals surface area contributed by atoms with E-state index in [9.17, 15) is 4.79 Å². The van der Waals surface area contributed by atoms with Gasteiger partial charge >= 0.3 is 5.97 Å². The Labute approximate surface area is 141 Å². The minimum atomic E-state index is -2.23. The van der Waals surface area contributed by atoms with Crippen LogP contribution in [0.3, 0.4) is 0 Å². The molecule has 4 nitrogen and oxygen atoms in total. The maximum atomic E-state index is 12.5. The van der Waals surface area contributed by atoms with Crippen LogP contribution in [0.4, 0.5) is 0 Å². The minimum Gasteiger partial charge on any atom is -0.461 e. The van der Waals surface area contributed by atoms with Crippen LogP contribution in [0.15, 0.2) is 24.3 Å².